The van der Waals surface area contributed by atoms with Crippen LogP contribution in [0.1, 0.15) is 32.1 Å². The second-order valence-electron chi connectivity index (χ2n) is 8.42. The van der Waals surface area contributed by atoms with Gasteiger partial charge in [-0.1, -0.05) is 25.5 Å². The van der Waals surface area contributed by atoms with Crippen LogP contribution >= 0.6 is 0 Å². The molecule has 0 aliphatic carbocycles. The van der Waals surface area contributed by atoms with Crippen LogP contribution in [0.3, 0.4) is 0 Å². The number of nitrogens with one attached hydrogen (secondary N) is 1. The van der Waals surface area contributed by atoms with Crippen molar-refractivity contribution in [2.24, 2.45) is 0 Å². The van der Waals surface area contributed by atoms with E-state index in [1.807, 2.05) is 42.5 Å². The zero-order valence-electron chi connectivity index (χ0n) is 19.0. The van der Waals surface area contributed by atoms with Crippen molar-refractivity contribution < 1.29 is 9.15 Å². The fourth-order valence-electron chi connectivity index (χ4n) is 4.08. The number of anilines is 1. The van der Waals surface area contributed by atoms with Gasteiger partial charge in [0.1, 0.15) is 5.75 Å². The second-order valence-corrected chi connectivity index (χ2v) is 8.42. The van der Waals surface area contributed by atoms with E-state index in [1.54, 1.807) is 0 Å². The molecule has 0 unspecified atom stereocenters. The van der Waals surface area contributed by atoms with Crippen LogP contribution < -0.4 is 9.64 Å². The molecule has 8 nitrogen and oxygen atoms in total. The third kappa shape index (κ3) is 5.17. The molecule has 172 valence electrons. The Morgan fingerprint density at radius 2 is 1.88 bits per heavy atom. The molecule has 0 saturated carbocycles. The van der Waals surface area contributed by atoms with Crippen LogP contribution in [-0.2, 0) is 6.54 Å². The van der Waals surface area contributed by atoms with E-state index < -0.39 is 0 Å². The predicted octanol–water partition coefficient (Wildman–Crippen LogP) is 4.50. The molecule has 1 saturated heterocycles. The van der Waals surface area contributed by atoms with Gasteiger partial charge in [-0.05, 0) is 49.2 Å². The summed E-state index contributed by atoms with van der Waals surface area (Å²) in [5, 5.41) is 8.54. The first-order chi connectivity index (χ1) is 16.3. The highest BCUT2D eigenvalue weighted by Gasteiger charge is 2.20. The normalized spacial score (nSPS) is 15.1. The van der Waals surface area contributed by atoms with E-state index in [0.717, 1.165) is 80.3 Å². The molecule has 1 N–H and O–H groups in total. The Balaban J connectivity index is 1.17. The van der Waals surface area contributed by atoms with E-state index in [2.05, 4.69) is 38.0 Å². The number of aromatic nitrogens is 4. The number of hydrogen-bond donors (Lipinski definition) is 1. The highest BCUT2D eigenvalue weighted by molar-refractivity contribution is 5.77. The molecular weight excluding hydrogens is 416 g/mol. The van der Waals surface area contributed by atoms with E-state index in [4.69, 9.17) is 14.1 Å². The molecule has 0 spiro atoms. The number of fused-ring (bicyclic) bond motifs is 1. The molecule has 0 bridgehead atoms. The van der Waals surface area contributed by atoms with Gasteiger partial charge in [-0.25, -0.2) is 4.98 Å². The fourth-order valence-corrected chi connectivity index (χ4v) is 4.08. The average Bonchev–Trinajstić information content (AvgIpc) is 3.42. The van der Waals surface area contributed by atoms with Gasteiger partial charge in [-0.2, -0.15) is 0 Å². The van der Waals surface area contributed by atoms with Crippen molar-refractivity contribution in [1.82, 2.24) is 25.1 Å². The van der Waals surface area contributed by atoms with E-state index in [1.165, 1.54) is 0 Å². The molecule has 5 rings (SSSR count). The third-order valence-corrected chi connectivity index (χ3v) is 5.96. The summed E-state index contributed by atoms with van der Waals surface area (Å²) in [7, 11) is 0. The number of H-pyrrole nitrogens is 1. The number of benzene rings is 2. The lowest BCUT2D eigenvalue weighted by molar-refractivity contribution is 0.256. The van der Waals surface area contributed by atoms with Crippen LogP contribution in [-0.4, -0.2) is 57.9 Å². The van der Waals surface area contributed by atoms with E-state index in [0.29, 0.717) is 18.3 Å². The van der Waals surface area contributed by atoms with Gasteiger partial charge in [0.05, 0.1) is 24.2 Å². The maximum atomic E-state index is 5.97. The van der Waals surface area contributed by atoms with Crippen molar-refractivity contribution in [3.63, 3.8) is 0 Å². The quantitative estimate of drug-likeness (QED) is 0.399. The van der Waals surface area contributed by atoms with E-state index in [9.17, 15) is 0 Å². The average molecular weight is 447 g/mol. The number of imidazole rings is 1. The summed E-state index contributed by atoms with van der Waals surface area (Å²) in [6.45, 7) is 7.32. The maximum Gasteiger partial charge on any atom is 0.247 e. The smallest absolute Gasteiger partial charge is 0.247 e. The molecule has 0 atom stereocenters. The number of aromatic amines is 1. The van der Waals surface area contributed by atoms with Gasteiger partial charge < -0.3 is 19.0 Å². The summed E-state index contributed by atoms with van der Waals surface area (Å²) >= 11 is 0. The van der Waals surface area contributed by atoms with Crippen LogP contribution in [0.25, 0.3) is 22.5 Å². The van der Waals surface area contributed by atoms with Crippen molar-refractivity contribution in [2.75, 3.05) is 37.7 Å². The SMILES string of the molecule is CCCCOc1ccc(-c2nnc(CN3CCCN(c4nc5ccccc5[nH]4)CC3)o2)cc1. The van der Waals surface area contributed by atoms with Crippen LogP contribution in [0.5, 0.6) is 5.75 Å². The van der Waals surface area contributed by atoms with Gasteiger partial charge in [0, 0.05) is 31.7 Å². The summed E-state index contributed by atoms with van der Waals surface area (Å²) < 4.78 is 11.7. The van der Waals surface area contributed by atoms with Gasteiger partial charge in [0.2, 0.25) is 17.7 Å². The fraction of sp³-hybridized carbons (Fsp3) is 0.400. The number of rotatable bonds is 8. The molecule has 1 fully saturated rings. The molecule has 1 aliphatic rings. The number of ether oxygens (including phenoxy) is 1. The zero-order valence-corrected chi connectivity index (χ0v) is 19.0. The molecule has 0 amide bonds. The lowest BCUT2D eigenvalue weighted by Crippen LogP contribution is -2.31. The van der Waals surface area contributed by atoms with Crippen molar-refractivity contribution in [3.05, 3.63) is 54.4 Å². The standard InChI is InChI=1S/C25H30N6O2/c1-2-3-17-32-20-11-9-19(10-12-20)24-29-28-23(33-24)18-30-13-6-14-31(16-15-30)25-26-21-7-4-5-8-22(21)27-25/h4-5,7-12H,2-3,6,13-18H2,1H3,(H,26,27). The minimum Gasteiger partial charge on any atom is -0.494 e. The highest BCUT2D eigenvalue weighted by atomic mass is 16.5. The molecule has 8 heteroatoms. The van der Waals surface area contributed by atoms with Crippen LogP contribution in [0, 0.1) is 0 Å². The minimum atomic E-state index is 0.545. The molecule has 2 aromatic heterocycles. The van der Waals surface area contributed by atoms with Crippen molar-refractivity contribution in [3.8, 4) is 17.2 Å². The van der Waals surface area contributed by atoms with Gasteiger partial charge in [0.15, 0.2) is 0 Å². The Morgan fingerprint density at radius 3 is 2.73 bits per heavy atom. The summed E-state index contributed by atoms with van der Waals surface area (Å²) in [6.07, 6.45) is 3.23. The van der Waals surface area contributed by atoms with Gasteiger partial charge >= 0.3 is 0 Å². The van der Waals surface area contributed by atoms with Crippen LogP contribution in [0.15, 0.2) is 52.9 Å². The number of unbranched alkanes of at least 4 members (excludes halogenated alkanes) is 1. The van der Waals surface area contributed by atoms with Crippen LogP contribution in [0.2, 0.25) is 0 Å². The summed E-state index contributed by atoms with van der Waals surface area (Å²) in [5.74, 6) is 3.00. The molecule has 1 aliphatic heterocycles. The zero-order chi connectivity index (χ0) is 22.5. The van der Waals surface area contributed by atoms with E-state index >= 15 is 0 Å². The molecule has 3 heterocycles. The number of hydrogen-bond acceptors (Lipinski definition) is 7. The topological polar surface area (TPSA) is 83.3 Å². The lowest BCUT2D eigenvalue weighted by Gasteiger charge is -2.20. The Morgan fingerprint density at radius 1 is 1.00 bits per heavy atom. The lowest BCUT2D eigenvalue weighted by atomic mass is 10.2. The summed E-state index contributed by atoms with van der Waals surface area (Å²) in [5.41, 5.74) is 2.99. The van der Waals surface area contributed by atoms with Crippen LogP contribution in [0.4, 0.5) is 5.95 Å². The molecule has 4 aromatic rings. The Labute approximate surface area is 193 Å². The van der Waals surface area contributed by atoms with Crippen molar-refractivity contribution in [1.29, 1.82) is 0 Å². The summed E-state index contributed by atoms with van der Waals surface area (Å²) in [4.78, 5) is 12.9. The first kappa shape index (κ1) is 21.5. The van der Waals surface area contributed by atoms with Gasteiger partial charge in [0.25, 0.3) is 0 Å². The minimum absolute atomic E-state index is 0.545. The van der Waals surface area contributed by atoms with Gasteiger partial charge in [-0.3, -0.25) is 4.90 Å². The first-order valence-corrected chi connectivity index (χ1v) is 11.8. The Hall–Kier alpha value is -3.39. The van der Waals surface area contributed by atoms with E-state index in [-0.39, 0.29) is 0 Å². The third-order valence-electron chi connectivity index (χ3n) is 5.96. The van der Waals surface area contributed by atoms with Crippen molar-refractivity contribution >= 4 is 17.0 Å². The number of para-hydroxylation sites is 2. The summed E-state index contributed by atoms with van der Waals surface area (Å²) in [6, 6.07) is 16.0. The molecule has 2 aromatic carbocycles. The molecular formula is C25H30N6O2. The molecule has 0 radical (unpaired) electrons. The second kappa shape index (κ2) is 10.0. The van der Waals surface area contributed by atoms with Gasteiger partial charge in [-0.15, -0.1) is 10.2 Å². The first-order valence-electron chi connectivity index (χ1n) is 11.8. The monoisotopic (exact) mass is 446 g/mol. The maximum absolute atomic E-state index is 5.97. The largest absolute Gasteiger partial charge is 0.494 e. The highest BCUT2D eigenvalue weighted by Crippen LogP contribution is 2.23. The predicted molar refractivity (Wildman–Crippen MR) is 128 cm³/mol. The number of nitrogens with zero attached hydrogens (tertiary/aromatic N) is 5. The van der Waals surface area contributed by atoms with Crippen molar-refractivity contribution in [2.45, 2.75) is 32.7 Å². The molecule has 33 heavy (non-hydrogen) atoms. The Kier molecular flexibility index (Phi) is 6.53. The Bertz CT molecular complexity index is 1140.